The predicted molar refractivity (Wildman–Crippen MR) is 103 cm³/mol. The predicted octanol–water partition coefficient (Wildman–Crippen LogP) is 3.58. The fraction of sp³-hybridized carbons (Fsp3) is 0.158. The van der Waals surface area contributed by atoms with Gasteiger partial charge in [0.05, 0.1) is 11.6 Å². The van der Waals surface area contributed by atoms with Gasteiger partial charge < -0.3 is 10.1 Å². The molecule has 0 radical (unpaired) electrons. The van der Waals surface area contributed by atoms with Crippen LogP contribution < -0.4 is 10.1 Å². The topological polar surface area (TPSA) is 92.8 Å². The Morgan fingerprint density at radius 1 is 1.44 bits per heavy atom. The van der Waals surface area contributed by atoms with Gasteiger partial charge in [-0.15, -0.1) is 0 Å². The molecule has 0 spiro atoms. The third-order valence-electron chi connectivity index (χ3n) is 3.72. The number of hydrogen-bond acceptors (Lipinski definition) is 5. The Morgan fingerprint density at radius 2 is 2.30 bits per heavy atom. The largest absolute Gasteiger partial charge is 0.489 e. The van der Waals surface area contributed by atoms with Gasteiger partial charge in [0.15, 0.2) is 5.82 Å². The van der Waals surface area contributed by atoms with Crippen molar-refractivity contribution in [2.75, 3.05) is 6.61 Å². The van der Waals surface area contributed by atoms with Crippen LogP contribution in [0.1, 0.15) is 29.1 Å². The van der Waals surface area contributed by atoms with Crippen molar-refractivity contribution in [3.63, 3.8) is 0 Å². The first-order chi connectivity index (χ1) is 13.1. The summed E-state index contributed by atoms with van der Waals surface area (Å²) in [6.45, 7) is 5.70. The highest BCUT2D eigenvalue weighted by atomic mass is 35.5. The van der Waals surface area contributed by atoms with Gasteiger partial charge in [0.2, 0.25) is 0 Å². The SMILES string of the molecule is C=CCOc1ccc(Cl)cc1C(=O)N[C@@H](C)c1nc(-c2cccnc2)n[nH]1. The molecule has 2 heterocycles. The highest BCUT2D eigenvalue weighted by Crippen LogP contribution is 2.24. The van der Waals surface area contributed by atoms with Crippen molar-refractivity contribution >= 4 is 17.5 Å². The van der Waals surface area contributed by atoms with Gasteiger partial charge in [0, 0.05) is 23.0 Å². The molecule has 3 rings (SSSR count). The van der Waals surface area contributed by atoms with E-state index in [1.165, 1.54) is 0 Å². The molecule has 138 valence electrons. The maximum Gasteiger partial charge on any atom is 0.255 e. The molecule has 2 N–H and O–H groups in total. The fourth-order valence-corrected chi connectivity index (χ4v) is 2.56. The molecule has 0 bridgehead atoms. The summed E-state index contributed by atoms with van der Waals surface area (Å²) in [4.78, 5) is 21.2. The first-order valence-corrected chi connectivity index (χ1v) is 8.63. The Labute approximate surface area is 161 Å². The molecule has 0 aliphatic rings. The van der Waals surface area contributed by atoms with Crippen LogP contribution in [0, 0.1) is 0 Å². The molecule has 1 aromatic carbocycles. The van der Waals surface area contributed by atoms with Gasteiger partial charge in [-0.25, -0.2) is 4.98 Å². The lowest BCUT2D eigenvalue weighted by atomic mass is 10.1. The Bertz CT molecular complexity index is 942. The number of ether oxygens (including phenoxy) is 1. The lowest BCUT2D eigenvalue weighted by molar-refractivity contribution is 0.0934. The van der Waals surface area contributed by atoms with Crippen LogP contribution in [0.5, 0.6) is 5.75 Å². The summed E-state index contributed by atoms with van der Waals surface area (Å²) in [5.74, 6) is 1.13. The van der Waals surface area contributed by atoms with Crippen LogP contribution in [0.25, 0.3) is 11.4 Å². The van der Waals surface area contributed by atoms with Gasteiger partial charge in [-0.05, 0) is 37.3 Å². The molecule has 8 heteroatoms. The summed E-state index contributed by atoms with van der Waals surface area (Å²) < 4.78 is 5.53. The van der Waals surface area contributed by atoms with Gasteiger partial charge in [-0.2, -0.15) is 5.10 Å². The lowest BCUT2D eigenvalue weighted by Crippen LogP contribution is -2.28. The second-order valence-corrected chi connectivity index (χ2v) is 6.16. The zero-order chi connectivity index (χ0) is 19.2. The Balaban J connectivity index is 1.75. The van der Waals surface area contributed by atoms with Crippen LogP contribution in [0.4, 0.5) is 0 Å². The number of carbonyl (C=O) groups excluding carboxylic acids is 1. The summed E-state index contributed by atoms with van der Waals surface area (Å²) in [7, 11) is 0. The van der Waals surface area contributed by atoms with E-state index in [1.54, 1.807) is 49.7 Å². The Hall–Kier alpha value is -3.19. The molecule has 0 aliphatic heterocycles. The van der Waals surface area contributed by atoms with E-state index in [0.717, 1.165) is 5.56 Å². The molecule has 1 atom stereocenters. The highest BCUT2D eigenvalue weighted by Gasteiger charge is 2.19. The second kappa shape index (κ2) is 8.46. The van der Waals surface area contributed by atoms with Crippen LogP contribution in [0.15, 0.2) is 55.4 Å². The third-order valence-corrected chi connectivity index (χ3v) is 3.96. The number of amides is 1. The standard InChI is InChI=1S/C19H18ClN5O2/c1-3-9-27-16-7-6-14(20)10-15(16)19(26)22-12(2)17-23-18(25-24-17)13-5-4-8-21-11-13/h3-8,10-12H,1,9H2,2H3,(H,22,26)(H,23,24,25)/t12-/m0/s1. The molecule has 1 amide bonds. The minimum atomic E-state index is -0.401. The molecule has 27 heavy (non-hydrogen) atoms. The molecule has 0 saturated heterocycles. The van der Waals surface area contributed by atoms with E-state index in [4.69, 9.17) is 16.3 Å². The van der Waals surface area contributed by atoms with Gasteiger partial charge in [0.1, 0.15) is 18.2 Å². The third kappa shape index (κ3) is 4.51. The number of pyridine rings is 1. The molecular weight excluding hydrogens is 366 g/mol. The molecular formula is C19H18ClN5O2. The maximum absolute atomic E-state index is 12.7. The van der Waals surface area contributed by atoms with E-state index in [0.29, 0.717) is 28.0 Å². The summed E-state index contributed by atoms with van der Waals surface area (Å²) in [5, 5.41) is 10.3. The number of hydrogen-bond donors (Lipinski definition) is 2. The summed E-state index contributed by atoms with van der Waals surface area (Å²) in [6, 6.07) is 8.14. The van der Waals surface area contributed by atoms with E-state index in [-0.39, 0.29) is 12.5 Å². The maximum atomic E-state index is 12.7. The molecule has 0 aliphatic carbocycles. The summed E-state index contributed by atoms with van der Waals surface area (Å²) in [5.41, 5.74) is 1.12. The van der Waals surface area contributed by atoms with Gasteiger partial charge in [-0.3, -0.25) is 14.9 Å². The van der Waals surface area contributed by atoms with Gasteiger partial charge >= 0.3 is 0 Å². The molecule has 3 aromatic rings. The van der Waals surface area contributed by atoms with Crippen molar-refractivity contribution in [3.05, 3.63) is 71.8 Å². The molecule has 0 fully saturated rings. The lowest BCUT2D eigenvalue weighted by Gasteiger charge is -2.14. The number of carbonyl (C=O) groups is 1. The zero-order valence-corrected chi connectivity index (χ0v) is 15.4. The van der Waals surface area contributed by atoms with Crippen molar-refractivity contribution in [1.82, 2.24) is 25.5 Å². The van der Waals surface area contributed by atoms with E-state index in [9.17, 15) is 4.79 Å². The number of halogens is 1. The summed E-state index contributed by atoms with van der Waals surface area (Å²) in [6.07, 6.45) is 4.95. The van der Waals surface area contributed by atoms with Gasteiger partial charge in [0.25, 0.3) is 5.91 Å². The van der Waals surface area contributed by atoms with Crippen molar-refractivity contribution < 1.29 is 9.53 Å². The minimum Gasteiger partial charge on any atom is -0.489 e. The highest BCUT2D eigenvalue weighted by molar-refractivity contribution is 6.31. The van der Waals surface area contributed by atoms with Crippen molar-refractivity contribution in [2.24, 2.45) is 0 Å². The number of H-pyrrole nitrogens is 1. The Kier molecular flexibility index (Phi) is 5.83. The zero-order valence-electron chi connectivity index (χ0n) is 14.6. The van der Waals surface area contributed by atoms with Crippen molar-refractivity contribution in [2.45, 2.75) is 13.0 Å². The smallest absolute Gasteiger partial charge is 0.255 e. The van der Waals surface area contributed by atoms with Crippen LogP contribution in [0.2, 0.25) is 5.02 Å². The van der Waals surface area contributed by atoms with E-state index in [1.807, 2.05) is 6.07 Å². The van der Waals surface area contributed by atoms with Crippen LogP contribution in [-0.2, 0) is 0 Å². The first-order valence-electron chi connectivity index (χ1n) is 8.25. The number of benzene rings is 1. The normalized spacial score (nSPS) is 11.6. The minimum absolute atomic E-state index is 0.286. The average Bonchev–Trinajstić information content (AvgIpc) is 3.18. The van der Waals surface area contributed by atoms with Crippen LogP contribution in [-0.4, -0.2) is 32.7 Å². The molecule has 2 aromatic heterocycles. The fourth-order valence-electron chi connectivity index (χ4n) is 2.39. The average molecular weight is 384 g/mol. The van der Waals surface area contributed by atoms with Crippen molar-refractivity contribution in [3.8, 4) is 17.1 Å². The number of rotatable bonds is 7. The van der Waals surface area contributed by atoms with Crippen molar-refractivity contribution in [1.29, 1.82) is 0 Å². The first kappa shape index (κ1) is 18.6. The molecule has 0 saturated carbocycles. The molecule has 0 unspecified atom stereocenters. The number of aromatic nitrogens is 4. The van der Waals surface area contributed by atoms with E-state index < -0.39 is 6.04 Å². The second-order valence-electron chi connectivity index (χ2n) is 5.72. The molecule has 7 nitrogen and oxygen atoms in total. The van der Waals surface area contributed by atoms with Gasteiger partial charge in [-0.1, -0.05) is 24.3 Å². The number of nitrogens with one attached hydrogen (secondary N) is 2. The van der Waals surface area contributed by atoms with Crippen LogP contribution in [0.3, 0.4) is 0 Å². The Morgan fingerprint density at radius 3 is 3.04 bits per heavy atom. The number of aromatic amines is 1. The number of nitrogens with zero attached hydrogens (tertiary/aromatic N) is 3. The van der Waals surface area contributed by atoms with Crippen LogP contribution >= 0.6 is 11.6 Å². The van der Waals surface area contributed by atoms with E-state index in [2.05, 4.69) is 32.1 Å². The summed E-state index contributed by atoms with van der Waals surface area (Å²) >= 11 is 6.03. The quantitative estimate of drug-likeness (QED) is 0.608. The monoisotopic (exact) mass is 383 g/mol. The van der Waals surface area contributed by atoms with E-state index >= 15 is 0 Å².